The summed E-state index contributed by atoms with van der Waals surface area (Å²) < 4.78 is 50.6. The summed E-state index contributed by atoms with van der Waals surface area (Å²) >= 11 is 0. The molecule has 8 heteroatoms. The lowest BCUT2D eigenvalue weighted by Gasteiger charge is -2.13. The van der Waals surface area contributed by atoms with Gasteiger partial charge >= 0.3 is 0 Å². The highest BCUT2D eigenvalue weighted by atomic mass is 32.2. The van der Waals surface area contributed by atoms with Gasteiger partial charge in [0.1, 0.15) is 0 Å². The standard InChI is InChI=1S/C9H11F2NO4S/c10-8-2-1-7(3-9(8)11)17(15,16)12-6(4-13)5-14/h1-3,6,12-14H,4-5H2. The van der Waals surface area contributed by atoms with Crippen molar-refractivity contribution in [2.24, 2.45) is 0 Å². The molecule has 17 heavy (non-hydrogen) atoms. The molecule has 0 aliphatic rings. The van der Waals surface area contributed by atoms with Gasteiger partial charge in [-0.05, 0) is 18.2 Å². The van der Waals surface area contributed by atoms with Crippen LogP contribution in [0.4, 0.5) is 8.78 Å². The van der Waals surface area contributed by atoms with Crippen molar-refractivity contribution >= 4 is 10.0 Å². The second-order valence-corrected chi connectivity index (χ2v) is 4.97. The first-order valence-electron chi connectivity index (χ1n) is 4.60. The van der Waals surface area contributed by atoms with Crippen LogP contribution in [0, 0.1) is 11.6 Å². The van der Waals surface area contributed by atoms with E-state index >= 15 is 0 Å². The molecule has 0 fully saturated rings. The van der Waals surface area contributed by atoms with Gasteiger partial charge in [-0.15, -0.1) is 0 Å². The Morgan fingerprint density at radius 2 is 1.76 bits per heavy atom. The summed E-state index contributed by atoms with van der Waals surface area (Å²) in [5.41, 5.74) is 0. The molecule has 0 aliphatic carbocycles. The molecule has 0 amide bonds. The van der Waals surface area contributed by atoms with Gasteiger partial charge in [-0.3, -0.25) is 0 Å². The minimum atomic E-state index is -4.10. The third kappa shape index (κ3) is 3.43. The summed E-state index contributed by atoms with van der Waals surface area (Å²) in [6.45, 7) is -1.22. The molecule has 1 aromatic carbocycles. The van der Waals surface area contributed by atoms with Crippen LogP contribution in [0.15, 0.2) is 23.1 Å². The highest BCUT2D eigenvalue weighted by Gasteiger charge is 2.20. The first kappa shape index (κ1) is 14.0. The largest absolute Gasteiger partial charge is 0.395 e. The lowest BCUT2D eigenvalue weighted by Crippen LogP contribution is -2.40. The topological polar surface area (TPSA) is 86.6 Å². The first-order valence-corrected chi connectivity index (χ1v) is 6.08. The van der Waals surface area contributed by atoms with Gasteiger partial charge in [0, 0.05) is 0 Å². The Bertz CT molecular complexity index is 488. The average Bonchev–Trinajstić information content (AvgIpc) is 2.29. The van der Waals surface area contributed by atoms with Gasteiger partial charge in [0.2, 0.25) is 10.0 Å². The SMILES string of the molecule is O=S(=O)(NC(CO)CO)c1ccc(F)c(F)c1. The molecule has 0 atom stereocenters. The molecule has 1 rings (SSSR count). The Hall–Kier alpha value is -1.09. The van der Waals surface area contributed by atoms with E-state index in [1.807, 2.05) is 4.72 Å². The molecule has 0 saturated heterocycles. The van der Waals surface area contributed by atoms with Crippen LogP contribution in [0.2, 0.25) is 0 Å². The molecule has 0 heterocycles. The van der Waals surface area contributed by atoms with Gasteiger partial charge < -0.3 is 10.2 Å². The van der Waals surface area contributed by atoms with Gasteiger partial charge in [0.25, 0.3) is 0 Å². The Morgan fingerprint density at radius 3 is 2.24 bits per heavy atom. The van der Waals surface area contributed by atoms with Crippen molar-refractivity contribution < 1.29 is 27.4 Å². The van der Waals surface area contributed by atoms with Crippen LogP contribution >= 0.6 is 0 Å². The molecule has 5 nitrogen and oxygen atoms in total. The van der Waals surface area contributed by atoms with Crippen molar-refractivity contribution in [1.82, 2.24) is 4.72 Å². The van der Waals surface area contributed by atoms with E-state index in [0.717, 1.165) is 6.07 Å². The number of hydrogen-bond acceptors (Lipinski definition) is 4. The summed E-state index contributed by atoms with van der Waals surface area (Å²) in [6.07, 6.45) is 0. The number of benzene rings is 1. The monoisotopic (exact) mass is 267 g/mol. The van der Waals surface area contributed by atoms with Crippen LogP contribution in [-0.2, 0) is 10.0 Å². The van der Waals surface area contributed by atoms with E-state index in [9.17, 15) is 17.2 Å². The molecule has 0 unspecified atom stereocenters. The van der Waals surface area contributed by atoms with E-state index in [2.05, 4.69) is 0 Å². The Morgan fingerprint density at radius 1 is 1.18 bits per heavy atom. The van der Waals surface area contributed by atoms with Crippen LogP contribution in [0.1, 0.15) is 0 Å². The number of hydrogen-bond donors (Lipinski definition) is 3. The van der Waals surface area contributed by atoms with E-state index in [1.54, 1.807) is 0 Å². The van der Waals surface area contributed by atoms with Crippen LogP contribution in [0.3, 0.4) is 0 Å². The zero-order chi connectivity index (χ0) is 13.1. The predicted octanol–water partition coefficient (Wildman–Crippen LogP) is -0.404. The molecule has 0 aliphatic heterocycles. The molecule has 3 N–H and O–H groups in total. The third-order valence-electron chi connectivity index (χ3n) is 1.96. The molecule has 0 spiro atoms. The highest BCUT2D eigenvalue weighted by molar-refractivity contribution is 7.89. The second-order valence-electron chi connectivity index (χ2n) is 3.26. The highest BCUT2D eigenvalue weighted by Crippen LogP contribution is 2.13. The van der Waals surface area contributed by atoms with Gasteiger partial charge in [-0.1, -0.05) is 0 Å². The molecule has 0 aromatic heterocycles. The Kier molecular flexibility index (Phi) is 4.52. The van der Waals surface area contributed by atoms with E-state index in [0.29, 0.717) is 12.1 Å². The predicted molar refractivity (Wildman–Crippen MR) is 54.6 cm³/mol. The number of sulfonamides is 1. The summed E-state index contributed by atoms with van der Waals surface area (Å²) in [5.74, 6) is -2.46. The molecular weight excluding hydrogens is 256 g/mol. The first-order chi connectivity index (χ1) is 7.90. The molecular formula is C9H11F2NO4S. The van der Waals surface area contributed by atoms with Crippen molar-refractivity contribution in [2.45, 2.75) is 10.9 Å². The smallest absolute Gasteiger partial charge is 0.241 e. The maximum atomic E-state index is 12.8. The lowest BCUT2D eigenvalue weighted by atomic mass is 10.3. The average molecular weight is 267 g/mol. The van der Waals surface area contributed by atoms with E-state index < -0.39 is 45.8 Å². The van der Waals surface area contributed by atoms with E-state index in [4.69, 9.17) is 10.2 Å². The maximum Gasteiger partial charge on any atom is 0.241 e. The fourth-order valence-corrected chi connectivity index (χ4v) is 2.29. The van der Waals surface area contributed by atoms with Gasteiger partial charge in [0.15, 0.2) is 11.6 Å². The molecule has 0 bridgehead atoms. The Labute approximate surface area is 96.8 Å². The number of halogens is 2. The molecule has 96 valence electrons. The van der Waals surface area contributed by atoms with Crippen LogP contribution in [0.5, 0.6) is 0 Å². The second kappa shape index (κ2) is 5.50. The van der Waals surface area contributed by atoms with Gasteiger partial charge in [0.05, 0.1) is 24.2 Å². The minimum Gasteiger partial charge on any atom is -0.395 e. The zero-order valence-corrected chi connectivity index (χ0v) is 9.42. The number of nitrogens with one attached hydrogen (secondary N) is 1. The van der Waals surface area contributed by atoms with Gasteiger partial charge in [-0.25, -0.2) is 21.9 Å². The lowest BCUT2D eigenvalue weighted by molar-refractivity contribution is 0.185. The minimum absolute atomic E-state index is 0.483. The van der Waals surface area contributed by atoms with Crippen LogP contribution in [0.25, 0.3) is 0 Å². The maximum absolute atomic E-state index is 12.8. The summed E-state index contributed by atoms with van der Waals surface area (Å²) in [5, 5.41) is 17.4. The van der Waals surface area contributed by atoms with Crippen LogP contribution < -0.4 is 4.72 Å². The number of aliphatic hydroxyl groups excluding tert-OH is 2. The quantitative estimate of drug-likeness (QED) is 0.677. The normalized spacial score (nSPS) is 12.1. The van der Waals surface area contributed by atoms with Crippen molar-refractivity contribution in [3.05, 3.63) is 29.8 Å². The number of rotatable bonds is 5. The van der Waals surface area contributed by atoms with Crippen molar-refractivity contribution in [1.29, 1.82) is 0 Å². The van der Waals surface area contributed by atoms with E-state index in [1.165, 1.54) is 0 Å². The molecule has 0 radical (unpaired) electrons. The summed E-state index contributed by atoms with van der Waals surface area (Å²) in [4.78, 5) is -0.483. The van der Waals surface area contributed by atoms with Crippen LogP contribution in [-0.4, -0.2) is 37.9 Å². The summed E-state index contributed by atoms with van der Waals surface area (Å²) in [7, 11) is -4.10. The zero-order valence-electron chi connectivity index (χ0n) is 8.60. The van der Waals surface area contributed by atoms with Crippen molar-refractivity contribution in [3.63, 3.8) is 0 Å². The fourth-order valence-electron chi connectivity index (χ4n) is 1.06. The summed E-state index contributed by atoms with van der Waals surface area (Å²) in [6, 6.07) is 0.987. The third-order valence-corrected chi connectivity index (χ3v) is 3.48. The van der Waals surface area contributed by atoms with Crippen molar-refractivity contribution in [3.8, 4) is 0 Å². The molecule has 0 saturated carbocycles. The fraction of sp³-hybridized carbons (Fsp3) is 0.333. The molecule has 1 aromatic rings. The van der Waals surface area contributed by atoms with Crippen molar-refractivity contribution in [2.75, 3.05) is 13.2 Å². The van der Waals surface area contributed by atoms with E-state index in [-0.39, 0.29) is 0 Å². The Balaban J connectivity index is 3.01. The number of aliphatic hydroxyl groups is 2. The van der Waals surface area contributed by atoms with Gasteiger partial charge in [-0.2, -0.15) is 0 Å².